The van der Waals surface area contributed by atoms with E-state index in [4.69, 9.17) is 0 Å². The lowest BCUT2D eigenvalue weighted by molar-refractivity contribution is 0.185. The van der Waals surface area contributed by atoms with E-state index < -0.39 is 0 Å². The average molecular weight is 292 g/mol. The van der Waals surface area contributed by atoms with Crippen molar-refractivity contribution < 1.29 is 0 Å². The number of rotatable bonds is 7. The lowest BCUT2D eigenvalue weighted by Crippen LogP contribution is -2.34. The summed E-state index contributed by atoms with van der Waals surface area (Å²) in [5, 5.41) is 12.1. The molecule has 0 amide bonds. The first kappa shape index (κ1) is 16.5. The fraction of sp³-hybridized carbons (Fsp3) is 0.882. The Morgan fingerprint density at radius 1 is 1.33 bits per heavy atom. The third-order valence-corrected chi connectivity index (χ3v) is 5.10. The van der Waals surface area contributed by atoms with Crippen molar-refractivity contribution in [3.63, 3.8) is 0 Å². The molecule has 2 rings (SSSR count). The van der Waals surface area contributed by atoms with Crippen LogP contribution in [0.25, 0.3) is 0 Å². The van der Waals surface area contributed by atoms with Crippen LogP contribution in [0.2, 0.25) is 0 Å². The maximum absolute atomic E-state index is 4.31. The molecule has 21 heavy (non-hydrogen) atoms. The summed E-state index contributed by atoms with van der Waals surface area (Å²) in [6.07, 6.45) is 7.14. The van der Waals surface area contributed by atoms with Gasteiger partial charge in [0, 0.05) is 12.5 Å². The number of aryl methyl sites for hydroxylation is 1. The van der Waals surface area contributed by atoms with E-state index in [1.807, 2.05) is 6.20 Å². The van der Waals surface area contributed by atoms with Crippen molar-refractivity contribution in [3.8, 4) is 0 Å². The standard InChI is InChI=1S/C17H32N4/c1-5-9-21-17(12-19-20-21)16-10-14(13(3)4)7-8-15(16)11-18-6-2/h12-16,18H,5-11H2,1-4H3. The largest absolute Gasteiger partial charge is 0.317 e. The molecule has 120 valence electrons. The topological polar surface area (TPSA) is 42.7 Å². The fourth-order valence-electron chi connectivity index (χ4n) is 3.75. The Bertz CT molecular complexity index is 413. The number of nitrogens with one attached hydrogen (secondary N) is 1. The maximum Gasteiger partial charge on any atom is 0.0728 e. The van der Waals surface area contributed by atoms with Crippen LogP contribution in [-0.4, -0.2) is 28.1 Å². The van der Waals surface area contributed by atoms with Gasteiger partial charge >= 0.3 is 0 Å². The third-order valence-electron chi connectivity index (χ3n) is 5.10. The first-order valence-corrected chi connectivity index (χ1v) is 8.76. The van der Waals surface area contributed by atoms with E-state index in [1.54, 1.807) is 0 Å². The highest BCUT2D eigenvalue weighted by molar-refractivity contribution is 5.08. The minimum absolute atomic E-state index is 0.617. The summed E-state index contributed by atoms with van der Waals surface area (Å²) in [7, 11) is 0. The molecule has 0 aromatic carbocycles. The van der Waals surface area contributed by atoms with Crippen molar-refractivity contribution in [3.05, 3.63) is 11.9 Å². The Labute approximate surface area is 129 Å². The first-order chi connectivity index (χ1) is 10.2. The number of hydrogen-bond donors (Lipinski definition) is 1. The molecule has 1 aromatic heterocycles. The lowest BCUT2D eigenvalue weighted by atomic mass is 9.69. The first-order valence-electron chi connectivity index (χ1n) is 8.76. The molecule has 1 aliphatic rings. The van der Waals surface area contributed by atoms with E-state index in [0.717, 1.165) is 43.8 Å². The Morgan fingerprint density at radius 2 is 2.14 bits per heavy atom. The van der Waals surface area contributed by atoms with Crippen LogP contribution in [0.4, 0.5) is 0 Å². The summed E-state index contributed by atoms with van der Waals surface area (Å²) in [4.78, 5) is 0. The van der Waals surface area contributed by atoms with Crippen LogP contribution in [0.1, 0.15) is 65.0 Å². The predicted octanol–water partition coefficient (Wildman–Crippen LogP) is 3.45. The molecule has 3 unspecified atom stereocenters. The van der Waals surface area contributed by atoms with E-state index in [1.165, 1.54) is 25.0 Å². The van der Waals surface area contributed by atoms with Crippen LogP contribution >= 0.6 is 0 Å². The maximum atomic E-state index is 4.31. The summed E-state index contributed by atoms with van der Waals surface area (Å²) in [6, 6.07) is 0. The summed E-state index contributed by atoms with van der Waals surface area (Å²) in [6.45, 7) is 12.3. The Hall–Kier alpha value is -0.900. The van der Waals surface area contributed by atoms with Crippen molar-refractivity contribution in [2.45, 2.75) is 65.8 Å². The van der Waals surface area contributed by atoms with Gasteiger partial charge in [-0.05, 0) is 56.5 Å². The molecule has 0 radical (unpaired) electrons. The highest BCUT2D eigenvalue weighted by Gasteiger charge is 2.34. The van der Waals surface area contributed by atoms with Gasteiger partial charge in [0.25, 0.3) is 0 Å². The minimum atomic E-state index is 0.617. The van der Waals surface area contributed by atoms with Crippen molar-refractivity contribution in [2.24, 2.45) is 17.8 Å². The van der Waals surface area contributed by atoms with Crippen LogP contribution in [-0.2, 0) is 6.54 Å². The van der Waals surface area contributed by atoms with E-state index in [2.05, 4.69) is 48.0 Å². The van der Waals surface area contributed by atoms with Gasteiger partial charge in [-0.1, -0.05) is 32.9 Å². The molecule has 0 saturated heterocycles. The van der Waals surface area contributed by atoms with Gasteiger partial charge in [0.15, 0.2) is 0 Å². The van der Waals surface area contributed by atoms with Crippen molar-refractivity contribution in [1.29, 1.82) is 0 Å². The Kier molecular flexibility index (Phi) is 6.22. The second-order valence-electron chi connectivity index (χ2n) is 6.87. The molecule has 0 bridgehead atoms. The number of aromatic nitrogens is 3. The Balaban J connectivity index is 2.17. The summed E-state index contributed by atoms with van der Waals surface area (Å²) in [5.74, 6) is 2.97. The summed E-state index contributed by atoms with van der Waals surface area (Å²) in [5.41, 5.74) is 1.37. The average Bonchev–Trinajstić information content (AvgIpc) is 2.93. The molecular formula is C17H32N4. The van der Waals surface area contributed by atoms with Crippen LogP contribution in [0.5, 0.6) is 0 Å². The van der Waals surface area contributed by atoms with Gasteiger partial charge in [0.2, 0.25) is 0 Å². The molecule has 1 N–H and O–H groups in total. The van der Waals surface area contributed by atoms with Crippen LogP contribution < -0.4 is 5.32 Å². The minimum Gasteiger partial charge on any atom is -0.317 e. The van der Waals surface area contributed by atoms with Crippen LogP contribution in [0.15, 0.2) is 6.20 Å². The fourth-order valence-corrected chi connectivity index (χ4v) is 3.75. The molecule has 0 aliphatic heterocycles. The van der Waals surface area contributed by atoms with E-state index in [9.17, 15) is 0 Å². The van der Waals surface area contributed by atoms with Crippen molar-refractivity contribution in [2.75, 3.05) is 13.1 Å². The van der Waals surface area contributed by atoms with Gasteiger partial charge < -0.3 is 5.32 Å². The van der Waals surface area contributed by atoms with Gasteiger partial charge in [-0.25, -0.2) is 4.68 Å². The quantitative estimate of drug-likeness (QED) is 0.837. The highest BCUT2D eigenvalue weighted by atomic mass is 15.4. The summed E-state index contributed by atoms with van der Waals surface area (Å²) < 4.78 is 2.15. The van der Waals surface area contributed by atoms with E-state index >= 15 is 0 Å². The second kappa shape index (κ2) is 7.92. The molecule has 0 spiro atoms. The van der Waals surface area contributed by atoms with Crippen molar-refractivity contribution in [1.82, 2.24) is 20.3 Å². The third kappa shape index (κ3) is 4.06. The normalized spacial score (nSPS) is 26.4. The smallest absolute Gasteiger partial charge is 0.0728 e. The molecule has 1 aliphatic carbocycles. The molecular weight excluding hydrogens is 260 g/mol. The van der Waals surface area contributed by atoms with Gasteiger partial charge in [-0.15, -0.1) is 5.10 Å². The Morgan fingerprint density at radius 3 is 2.81 bits per heavy atom. The molecule has 4 heteroatoms. The molecule has 1 fully saturated rings. The van der Waals surface area contributed by atoms with Gasteiger partial charge in [0.1, 0.15) is 0 Å². The lowest BCUT2D eigenvalue weighted by Gasteiger charge is -2.38. The van der Waals surface area contributed by atoms with Crippen LogP contribution in [0, 0.1) is 17.8 Å². The zero-order valence-corrected chi connectivity index (χ0v) is 14.2. The molecule has 3 atom stereocenters. The number of hydrogen-bond acceptors (Lipinski definition) is 3. The highest BCUT2D eigenvalue weighted by Crippen LogP contribution is 2.42. The van der Waals surface area contributed by atoms with Gasteiger partial charge in [-0.2, -0.15) is 0 Å². The van der Waals surface area contributed by atoms with Gasteiger partial charge in [0.05, 0.1) is 11.9 Å². The van der Waals surface area contributed by atoms with Crippen LogP contribution in [0.3, 0.4) is 0 Å². The van der Waals surface area contributed by atoms with E-state index in [-0.39, 0.29) is 0 Å². The molecule has 1 saturated carbocycles. The molecule has 1 aromatic rings. The zero-order chi connectivity index (χ0) is 15.2. The van der Waals surface area contributed by atoms with Crippen molar-refractivity contribution >= 4 is 0 Å². The van der Waals surface area contributed by atoms with E-state index in [0.29, 0.717) is 5.92 Å². The molecule has 4 nitrogen and oxygen atoms in total. The number of nitrogens with zero attached hydrogens (tertiary/aromatic N) is 3. The summed E-state index contributed by atoms with van der Waals surface area (Å²) >= 11 is 0. The monoisotopic (exact) mass is 292 g/mol. The zero-order valence-electron chi connectivity index (χ0n) is 14.2. The SMILES string of the molecule is CCCn1nncc1C1CC(C(C)C)CCC1CNCC. The van der Waals surface area contributed by atoms with Gasteiger partial charge in [-0.3, -0.25) is 0 Å². The molecule has 1 heterocycles. The predicted molar refractivity (Wildman–Crippen MR) is 87.3 cm³/mol. The second-order valence-corrected chi connectivity index (χ2v) is 6.87.